The van der Waals surface area contributed by atoms with Crippen molar-refractivity contribution in [1.29, 1.82) is 0 Å². The predicted octanol–water partition coefficient (Wildman–Crippen LogP) is 2.75. The zero-order valence-electron chi connectivity index (χ0n) is 12.0. The molecule has 0 saturated carbocycles. The van der Waals surface area contributed by atoms with E-state index in [0.717, 1.165) is 5.75 Å². The maximum Gasteiger partial charge on any atom is 0.282 e. The molecule has 21 heavy (non-hydrogen) atoms. The molecule has 0 spiro atoms. The number of aryl methyl sites for hydroxylation is 1. The Bertz CT molecular complexity index is 650. The molecule has 0 unspecified atom stereocenters. The Balaban J connectivity index is 1.63. The van der Waals surface area contributed by atoms with Gasteiger partial charge in [-0.2, -0.15) is 0 Å². The normalized spacial score (nSPS) is 17.2. The van der Waals surface area contributed by atoms with Crippen molar-refractivity contribution in [1.82, 2.24) is 0 Å². The summed E-state index contributed by atoms with van der Waals surface area (Å²) in [4.78, 5) is 3.99. The van der Waals surface area contributed by atoms with Crippen LogP contribution in [0.15, 0.2) is 53.5 Å². The standard InChI is InChI=1S/C17H18N2O2/c1-12-4-2-3-5-16(12)13-6-8-14(9-7-13)20-11-15-10-19-17(18)21-15/h2-9,15H,10-11H2,1H3,(H2,18,19)/t15-/m0/s1. The number of hydrogen-bond acceptors (Lipinski definition) is 4. The summed E-state index contributed by atoms with van der Waals surface area (Å²) < 4.78 is 11.0. The van der Waals surface area contributed by atoms with Gasteiger partial charge >= 0.3 is 0 Å². The second kappa shape index (κ2) is 5.87. The molecule has 1 aliphatic rings. The van der Waals surface area contributed by atoms with Crippen LogP contribution in [0.5, 0.6) is 5.75 Å². The van der Waals surface area contributed by atoms with Crippen LogP contribution < -0.4 is 10.5 Å². The monoisotopic (exact) mass is 282 g/mol. The molecule has 2 aromatic carbocycles. The molecule has 1 atom stereocenters. The first-order chi connectivity index (χ1) is 10.2. The highest BCUT2D eigenvalue weighted by atomic mass is 16.5. The number of nitrogens with zero attached hydrogens (tertiary/aromatic N) is 1. The van der Waals surface area contributed by atoms with Gasteiger partial charge in [-0.25, -0.2) is 4.99 Å². The Hall–Kier alpha value is -2.49. The summed E-state index contributed by atoms with van der Waals surface area (Å²) in [5, 5.41) is 0. The van der Waals surface area contributed by atoms with Crippen LogP contribution >= 0.6 is 0 Å². The lowest BCUT2D eigenvalue weighted by molar-refractivity contribution is 0.141. The van der Waals surface area contributed by atoms with Gasteiger partial charge in [0, 0.05) is 0 Å². The Morgan fingerprint density at radius 3 is 2.62 bits per heavy atom. The number of rotatable bonds is 4. The first-order valence-corrected chi connectivity index (χ1v) is 6.98. The van der Waals surface area contributed by atoms with Gasteiger partial charge in [0.1, 0.15) is 12.4 Å². The van der Waals surface area contributed by atoms with Crippen LogP contribution in [0.25, 0.3) is 11.1 Å². The third kappa shape index (κ3) is 3.16. The van der Waals surface area contributed by atoms with Crippen molar-refractivity contribution in [2.45, 2.75) is 13.0 Å². The summed E-state index contributed by atoms with van der Waals surface area (Å²) >= 11 is 0. The molecular weight excluding hydrogens is 264 g/mol. The smallest absolute Gasteiger partial charge is 0.282 e. The second-order valence-corrected chi connectivity index (χ2v) is 5.07. The quantitative estimate of drug-likeness (QED) is 0.938. The van der Waals surface area contributed by atoms with Crippen LogP contribution in [-0.2, 0) is 4.74 Å². The van der Waals surface area contributed by atoms with Crippen molar-refractivity contribution < 1.29 is 9.47 Å². The van der Waals surface area contributed by atoms with Crippen molar-refractivity contribution in [2.75, 3.05) is 13.2 Å². The highest BCUT2D eigenvalue weighted by molar-refractivity contribution is 5.73. The van der Waals surface area contributed by atoms with E-state index in [2.05, 4.69) is 42.2 Å². The maximum absolute atomic E-state index is 5.71. The third-order valence-corrected chi connectivity index (χ3v) is 3.48. The molecule has 2 aromatic rings. The molecule has 0 aromatic heterocycles. The van der Waals surface area contributed by atoms with Gasteiger partial charge < -0.3 is 15.2 Å². The van der Waals surface area contributed by atoms with E-state index in [-0.39, 0.29) is 12.1 Å². The van der Waals surface area contributed by atoms with Crippen LogP contribution in [0.3, 0.4) is 0 Å². The molecule has 2 N–H and O–H groups in total. The van der Waals surface area contributed by atoms with E-state index < -0.39 is 0 Å². The van der Waals surface area contributed by atoms with E-state index in [9.17, 15) is 0 Å². The van der Waals surface area contributed by atoms with Crippen LogP contribution in [0.1, 0.15) is 5.56 Å². The molecule has 0 radical (unpaired) electrons. The van der Waals surface area contributed by atoms with Crippen LogP contribution in [0.2, 0.25) is 0 Å². The summed E-state index contributed by atoms with van der Waals surface area (Å²) in [7, 11) is 0. The maximum atomic E-state index is 5.71. The fraction of sp³-hybridized carbons (Fsp3) is 0.235. The molecule has 0 saturated heterocycles. The number of benzene rings is 2. The predicted molar refractivity (Wildman–Crippen MR) is 83.5 cm³/mol. The molecule has 108 valence electrons. The molecular formula is C17H18N2O2. The van der Waals surface area contributed by atoms with E-state index in [4.69, 9.17) is 15.2 Å². The van der Waals surface area contributed by atoms with E-state index in [0.29, 0.717) is 13.2 Å². The highest BCUT2D eigenvalue weighted by Gasteiger charge is 2.18. The van der Waals surface area contributed by atoms with Gasteiger partial charge in [-0.3, -0.25) is 0 Å². The molecule has 1 heterocycles. The lowest BCUT2D eigenvalue weighted by Gasteiger charge is -2.12. The number of nitrogens with two attached hydrogens (primary N) is 1. The number of aliphatic imine (C=N–C) groups is 1. The zero-order chi connectivity index (χ0) is 14.7. The van der Waals surface area contributed by atoms with E-state index in [1.165, 1.54) is 16.7 Å². The molecule has 4 heteroatoms. The van der Waals surface area contributed by atoms with Crippen LogP contribution in [-0.4, -0.2) is 25.3 Å². The minimum absolute atomic E-state index is 0.0824. The second-order valence-electron chi connectivity index (χ2n) is 5.07. The lowest BCUT2D eigenvalue weighted by atomic mass is 10.0. The van der Waals surface area contributed by atoms with Crippen LogP contribution in [0.4, 0.5) is 0 Å². The molecule has 0 aliphatic carbocycles. The van der Waals surface area contributed by atoms with Crippen molar-refractivity contribution in [3.63, 3.8) is 0 Å². The van der Waals surface area contributed by atoms with Gasteiger partial charge in [-0.05, 0) is 35.7 Å². The largest absolute Gasteiger partial charge is 0.490 e. The molecule has 1 aliphatic heterocycles. The van der Waals surface area contributed by atoms with Gasteiger partial charge in [0.05, 0.1) is 6.54 Å². The van der Waals surface area contributed by atoms with Gasteiger partial charge in [0.2, 0.25) is 0 Å². The Morgan fingerprint density at radius 2 is 1.95 bits per heavy atom. The van der Waals surface area contributed by atoms with Gasteiger partial charge in [-0.15, -0.1) is 0 Å². The van der Waals surface area contributed by atoms with Crippen LogP contribution in [0, 0.1) is 6.92 Å². The minimum atomic E-state index is -0.0824. The minimum Gasteiger partial charge on any atom is -0.490 e. The van der Waals surface area contributed by atoms with Gasteiger partial charge in [0.25, 0.3) is 6.02 Å². The number of amidine groups is 1. The zero-order valence-corrected chi connectivity index (χ0v) is 12.0. The third-order valence-electron chi connectivity index (χ3n) is 3.48. The van der Waals surface area contributed by atoms with Crippen molar-refractivity contribution in [3.05, 3.63) is 54.1 Å². The summed E-state index contributed by atoms with van der Waals surface area (Å²) in [5.41, 5.74) is 9.15. The average molecular weight is 282 g/mol. The first kappa shape index (κ1) is 13.5. The van der Waals surface area contributed by atoms with E-state index in [1.807, 2.05) is 18.2 Å². The molecule has 3 rings (SSSR count). The topological polar surface area (TPSA) is 56.8 Å². The number of ether oxygens (including phenoxy) is 2. The van der Waals surface area contributed by atoms with Crippen molar-refractivity contribution in [3.8, 4) is 16.9 Å². The Labute approximate surface area is 124 Å². The molecule has 0 amide bonds. The fourth-order valence-corrected chi connectivity index (χ4v) is 2.34. The summed E-state index contributed by atoms with van der Waals surface area (Å²) in [6.45, 7) is 3.13. The van der Waals surface area contributed by atoms with Gasteiger partial charge in [0.15, 0.2) is 6.10 Å². The lowest BCUT2D eigenvalue weighted by Crippen LogP contribution is -2.24. The summed E-state index contributed by atoms with van der Waals surface area (Å²) in [5.74, 6) is 0.821. The Kier molecular flexibility index (Phi) is 3.77. The Morgan fingerprint density at radius 1 is 1.19 bits per heavy atom. The first-order valence-electron chi connectivity index (χ1n) is 6.98. The van der Waals surface area contributed by atoms with Gasteiger partial charge in [-0.1, -0.05) is 36.4 Å². The SMILES string of the molecule is Cc1ccccc1-c1ccc(OC[C@@H]2CN=C(N)O2)cc1. The van der Waals surface area contributed by atoms with E-state index >= 15 is 0 Å². The molecule has 0 bridgehead atoms. The number of hydrogen-bond donors (Lipinski definition) is 1. The summed E-state index contributed by atoms with van der Waals surface area (Å²) in [6.07, 6.45) is -0.0824. The summed E-state index contributed by atoms with van der Waals surface area (Å²) in [6, 6.07) is 16.7. The fourth-order valence-electron chi connectivity index (χ4n) is 2.34. The van der Waals surface area contributed by atoms with E-state index in [1.54, 1.807) is 0 Å². The van der Waals surface area contributed by atoms with Crippen molar-refractivity contribution in [2.24, 2.45) is 10.7 Å². The molecule has 4 nitrogen and oxygen atoms in total. The molecule has 0 fully saturated rings. The highest BCUT2D eigenvalue weighted by Crippen LogP contribution is 2.25. The van der Waals surface area contributed by atoms with Crippen molar-refractivity contribution >= 4 is 6.02 Å². The average Bonchev–Trinajstić information content (AvgIpc) is 2.92.